The van der Waals surface area contributed by atoms with Crippen LogP contribution in [0.5, 0.6) is 17.2 Å². The number of ether oxygens (including phenoxy) is 3. The van der Waals surface area contributed by atoms with E-state index in [4.69, 9.17) is 14.2 Å². The maximum atomic E-state index is 12.9. The monoisotopic (exact) mass is 314 g/mol. The third-order valence-electron chi connectivity index (χ3n) is 3.91. The second kappa shape index (κ2) is 7.68. The molecule has 0 bridgehead atoms. The van der Waals surface area contributed by atoms with Crippen LogP contribution in [-0.2, 0) is 0 Å². The van der Waals surface area contributed by atoms with Gasteiger partial charge in [0.05, 0.1) is 21.3 Å². The number of methoxy groups -OCH3 is 3. The molecular weight excluding hydrogens is 292 g/mol. The average molecular weight is 314 g/mol. The Hall–Kier alpha value is -2.49. The van der Waals surface area contributed by atoms with E-state index in [1.165, 1.54) is 0 Å². The second-order valence-corrected chi connectivity index (χ2v) is 5.17. The highest BCUT2D eigenvalue weighted by atomic mass is 16.5. The quantitative estimate of drug-likeness (QED) is 0.722. The Morgan fingerprint density at radius 1 is 0.913 bits per heavy atom. The predicted octanol–water partition coefficient (Wildman–Crippen LogP) is 4.09. The molecule has 2 aromatic carbocycles. The first kappa shape index (κ1) is 16.9. The smallest absolute Gasteiger partial charge is 0.170 e. The van der Waals surface area contributed by atoms with Gasteiger partial charge in [-0.05, 0) is 42.3 Å². The maximum absolute atomic E-state index is 12.9. The molecule has 0 radical (unpaired) electrons. The molecule has 4 heteroatoms. The minimum Gasteiger partial charge on any atom is -0.497 e. The molecule has 0 aromatic heterocycles. The van der Waals surface area contributed by atoms with Gasteiger partial charge in [-0.15, -0.1) is 0 Å². The van der Waals surface area contributed by atoms with Crippen LogP contribution in [0.15, 0.2) is 42.5 Å². The highest BCUT2D eigenvalue weighted by Gasteiger charge is 2.21. The zero-order valence-electron chi connectivity index (χ0n) is 14.0. The lowest BCUT2D eigenvalue weighted by Crippen LogP contribution is -2.12. The second-order valence-electron chi connectivity index (χ2n) is 5.17. The number of rotatable bonds is 7. The van der Waals surface area contributed by atoms with Crippen molar-refractivity contribution in [3.05, 3.63) is 53.6 Å². The summed E-state index contributed by atoms with van der Waals surface area (Å²) in [7, 11) is 4.76. The summed E-state index contributed by atoms with van der Waals surface area (Å²) in [6.45, 7) is 2.01. The van der Waals surface area contributed by atoms with Crippen molar-refractivity contribution in [2.75, 3.05) is 21.3 Å². The maximum Gasteiger partial charge on any atom is 0.170 e. The summed E-state index contributed by atoms with van der Waals surface area (Å²) >= 11 is 0. The van der Waals surface area contributed by atoms with E-state index in [1.807, 2.05) is 31.2 Å². The van der Waals surface area contributed by atoms with Crippen LogP contribution in [-0.4, -0.2) is 27.1 Å². The van der Waals surface area contributed by atoms with Gasteiger partial charge in [0.2, 0.25) is 0 Å². The Bertz CT molecular complexity index is 662. The Labute approximate surface area is 137 Å². The summed E-state index contributed by atoms with van der Waals surface area (Å²) in [5, 5.41) is 0. The molecule has 0 aliphatic carbocycles. The van der Waals surface area contributed by atoms with E-state index in [2.05, 4.69) is 0 Å². The number of ketones is 1. The summed E-state index contributed by atoms with van der Waals surface area (Å²) in [5.41, 5.74) is 1.60. The van der Waals surface area contributed by atoms with Crippen molar-refractivity contribution in [2.24, 2.45) is 0 Å². The van der Waals surface area contributed by atoms with Gasteiger partial charge >= 0.3 is 0 Å². The summed E-state index contributed by atoms with van der Waals surface area (Å²) in [4.78, 5) is 12.9. The first-order chi connectivity index (χ1) is 11.1. The van der Waals surface area contributed by atoms with Gasteiger partial charge in [0.1, 0.15) is 5.75 Å². The summed E-state index contributed by atoms with van der Waals surface area (Å²) in [6, 6.07) is 12.9. The molecule has 2 aromatic rings. The molecule has 0 aliphatic heterocycles. The Kier molecular flexibility index (Phi) is 5.63. The molecule has 122 valence electrons. The van der Waals surface area contributed by atoms with E-state index in [-0.39, 0.29) is 11.7 Å². The highest BCUT2D eigenvalue weighted by Crippen LogP contribution is 2.31. The third-order valence-corrected chi connectivity index (χ3v) is 3.91. The number of carbonyl (C=O) groups is 1. The Morgan fingerprint density at radius 3 is 2.09 bits per heavy atom. The van der Waals surface area contributed by atoms with E-state index in [0.29, 0.717) is 17.1 Å². The van der Waals surface area contributed by atoms with Crippen LogP contribution in [0.25, 0.3) is 0 Å². The van der Waals surface area contributed by atoms with Crippen molar-refractivity contribution in [3.63, 3.8) is 0 Å². The molecule has 0 aliphatic rings. The minimum atomic E-state index is -0.195. The van der Waals surface area contributed by atoms with Gasteiger partial charge in [-0.2, -0.15) is 0 Å². The fraction of sp³-hybridized carbons (Fsp3) is 0.316. The van der Waals surface area contributed by atoms with Gasteiger partial charge in [-0.25, -0.2) is 0 Å². The van der Waals surface area contributed by atoms with Crippen molar-refractivity contribution in [1.82, 2.24) is 0 Å². The van der Waals surface area contributed by atoms with E-state index in [9.17, 15) is 4.79 Å². The summed E-state index contributed by atoms with van der Waals surface area (Å²) < 4.78 is 15.7. The van der Waals surface area contributed by atoms with Crippen LogP contribution in [0, 0.1) is 0 Å². The van der Waals surface area contributed by atoms with Crippen molar-refractivity contribution in [3.8, 4) is 17.2 Å². The van der Waals surface area contributed by atoms with Crippen LogP contribution in [0.1, 0.15) is 35.2 Å². The topological polar surface area (TPSA) is 44.8 Å². The van der Waals surface area contributed by atoms with Crippen LogP contribution in [0.4, 0.5) is 0 Å². The molecule has 23 heavy (non-hydrogen) atoms. The lowest BCUT2D eigenvalue weighted by molar-refractivity contribution is 0.0957. The van der Waals surface area contributed by atoms with Gasteiger partial charge in [0, 0.05) is 11.5 Å². The fourth-order valence-corrected chi connectivity index (χ4v) is 2.60. The normalized spacial score (nSPS) is 11.7. The highest BCUT2D eigenvalue weighted by molar-refractivity contribution is 6.01. The molecule has 1 atom stereocenters. The molecule has 0 spiro atoms. The zero-order valence-corrected chi connectivity index (χ0v) is 14.0. The number of hydrogen-bond donors (Lipinski definition) is 0. The van der Waals surface area contributed by atoms with Gasteiger partial charge in [-0.1, -0.05) is 19.1 Å². The van der Waals surface area contributed by atoms with Crippen molar-refractivity contribution in [1.29, 1.82) is 0 Å². The molecule has 2 rings (SSSR count). The standard InChI is InChI=1S/C19H22O4/c1-5-16(13-6-9-15(21-2)10-7-13)19(20)14-8-11-17(22-3)18(12-14)23-4/h6-12,16H,5H2,1-4H3/t16-/m1/s1. The fourth-order valence-electron chi connectivity index (χ4n) is 2.60. The largest absolute Gasteiger partial charge is 0.497 e. The first-order valence-electron chi connectivity index (χ1n) is 7.54. The van der Waals surface area contributed by atoms with Gasteiger partial charge in [0.25, 0.3) is 0 Å². The predicted molar refractivity (Wildman–Crippen MR) is 89.9 cm³/mol. The number of carbonyl (C=O) groups excluding carboxylic acids is 1. The molecule has 0 amide bonds. The molecule has 4 nitrogen and oxygen atoms in total. The number of benzene rings is 2. The van der Waals surface area contributed by atoms with Crippen molar-refractivity contribution < 1.29 is 19.0 Å². The van der Waals surface area contributed by atoms with Crippen molar-refractivity contribution in [2.45, 2.75) is 19.3 Å². The van der Waals surface area contributed by atoms with Gasteiger partial charge in [0.15, 0.2) is 17.3 Å². The molecule has 0 fully saturated rings. The molecule has 0 unspecified atom stereocenters. The SMILES string of the molecule is CC[C@@H](C(=O)c1ccc(OC)c(OC)c1)c1ccc(OC)cc1. The molecular formula is C19H22O4. The molecule has 0 saturated carbocycles. The van der Waals surface area contributed by atoms with Gasteiger partial charge in [-0.3, -0.25) is 4.79 Å². The zero-order chi connectivity index (χ0) is 16.8. The summed E-state index contributed by atoms with van der Waals surface area (Å²) in [6.07, 6.45) is 0.722. The lowest BCUT2D eigenvalue weighted by Gasteiger charge is -2.16. The lowest BCUT2D eigenvalue weighted by atomic mass is 9.88. The Morgan fingerprint density at radius 2 is 1.57 bits per heavy atom. The third kappa shape index (κ3) is 3.65. The van der Waals surface area contributed by atoms with Crippen LogP contribution in [0.2, 0.25) is 0 Å². The van der Waals surface area contributed by atoms with E-state index in [1.54, 1.807) is 39.5 Å². The van der Waals surface area contributed by atoms with E-state index >= 15 is 0 Å². The first-order valence-corrected chi connectivity index (χ1v) is 7.54. The number of Topliss-reactive ketones (excluding diaryl/α,β-unsaturated/α-hetero) is 1. The Balaban J connectivity index is 2.32. The molecule has 0 heterocycles. The average Bonchev–Trinajstić information content (AvgIpc) is 2.62. The van der Waals surface area contributed by atoms with Gasteiger partial charge < -0.3 is 14.2 Å². The molecule has 0 N–H and O–H groups in total. The van der Waals surface area contributed by atoms with Crippen molar-refractivity contribution >= 4 is 5.78 Å². The van der Waals surface area contributed by atoms with Crippen LogP contribution >= 0.6 is 0 Å². The summed E-state index contributed by atoms with van der Waals surface area (Å²) in [5.74, 6) is 1.82. The number of hydrogen-bond acceptors (Lipinski definition) is 4. The minimum absolute atomic E-state index is 0.0682. The van der Waals surface area contributed by atoms with Crippen LogP contribution < -0.4 is 14.2 Å². The molecule has 0 saturated heterocycles. The van der Waals surface area contributed by atoms with E-state index in [0.717, 1.165) is 17.7 Å². The van der Waals surface area contributed by atoms with E-state index < -0.39 is 0 Å². The van der Waals surface area contributed by atoms with Crippen LogP contribution in [0.3, 0.4) is 0 Å².